The van der Waals surface area contributed by atoms with Crippen LogP contribution in [0, 0.1) is 6.92 Å². The molecule has 18 heavy (non-hydrogen) atoms. The maximum atomic E-state index is 12.0. The number of aliphatic hydroxyl groups is 2. The van der Waals surface area contributed by atoms with Crippen molar-refractivity contribution in [3.8, 4) is 0 Å². The third kappa shape index (κ3) is 4.01. The van der Waals surface area contributed by atoms with Gasteiger partial charge in [0.05, 0.1) is 17.6 Å². The number of rotatable bonds is 5. The quantitative estimate of drug-likeness (QED) is 0.689. The van der Waals surface area contributed by atoms with Crippen LogP contribution in [-0.2, 0) is 10.0 Å². The molecule has 0 aliphatic carbocycles. The van der Waals surface area contributed by atoms with Gasteiger partial charge in [0, 0.05) is 15.5 Å². The molecular weight excluding hydrogens is 390 g/mol. The van der Waals surface area contributed by atoms with E-state index in [2.05, 4.69) is 36.6 Å². The standard InChI is InChI=1S/C10H13Br2NO4S/c1-6-2-9(12)10(3-8(6)11)18(16,17)13-4-7(15)5-14/h2-3,7,13-15H,4-5H2,1H3. The van der Waals surface area contributed by atoms with Gasteiger partial charge in [0.15, 0.2) is 0 Å². The van der Waals surface area contributed by atoms with Crippen LogP contribution in [0.15, 0.2) is 26.0 Å². The van der Waals surface area contributed by atoms with Crippen molar-refractivity contribution < 1.29 is 18.6 Å². The largest absolute Gasteiger partial charge is 0.394 e. The Morgan fingerprint density at radius 3 is 2.50 bits per heavy atom. The molecule has 0 spiro atoms. The summed E-state index contributed by atoms with van der Waals surface area (Å²) in [5.74, 6) is 0. The topological polar surface area (TPSA) is 86.6 Å². The van der Waals surface area contributed by atoms with E-state index in [0.29, 0.717) is 8.95 Å². The molecule has 102 valence electrons. The molecule has 0 bridgehead atoms. The van der Waals surface area contributed by atoms with Crippen molar-refractivity contribution in [2.24, 2.45) is 0 Å². The Hall–Kier alpha value is 0.01000. The summed E-state index contributed by atoms with van der Waals surface area (Å²) in [6.07, 6.45) is -1.12. The normalized spacial score (nSPS) is 13.6. The zero-order chi connectivity index (χ0) is 13.9. The second-order valence-electron chi connectivity index (χ2n) is 3.72. The first-order valence-corrected chi connectivity index (χ1v) is 8.09. The molecule has 5 nitrogen and oxygen atoms in total. The highest BCUT2D eigenvalue weighted by molar-refractivity contribution is 9.11. The number of hydrogen-bond acceptors (Lipinski definition) is 4. The minimum absolute atomic E-state index is 0.0742. The van der Waals surface area contributed by atoms with Crippen molar-refractivity contribution in [3.05, 3.63) is 26.6 Å². The van der Waals surface area contributed by atoms with Gasteiger partial charge >= 0.3 is 0 Å². The lowest BCUT2D eigenvalue weighted by Gasteiger charge is -2.12. The highest BCUT2D eigenvalue weighted by Gasteiger charge is 2.19. The van der Waals surface area contributed by atoms with Crippen molar-refractivity contribution in [3.63, 3.8) is 0 Å². The summed E-state index contributed by atoms with van der Waals surface area (Å²) in [7, 11) is -3.73. The van der Waals surface area contributed by atoms with E-state index in [0.717, 1.165) is 5.56 Å². The van der Waals surface area contributed by atoms with Crippen molar-refractivity contribution in [2.45, 2.75) is 17.9 Å². The lowest BCUT2D eigenvalue weighted by Crippen LogP contribution is -2.34. The second-order valence-corrected chi connectivity index (χ2v) is 7.16. The van der Waals surface area contributed by atoms with Crippen LogP contribution < -0.4 is 4.72 Å². The zero-order valence-corrected chi connectivity index (χ0v) is 13.5. The molecule has 3 N–H and O–H groups in total. The first-order chi connectivity index (χ1) is 8.27. The molecule has 1 atom stereocenters. The van der Waals surface area contributed by atoms with Gasteiger partial charge in [-0.05, 0) is 40.5 Å². The van der Waals surface area contributed by atoms with E-state index >= 15 is 0 Å². The molecule has 0 saturated heterocycles. The fourth-order valence-electron chi connectivity index (χ4n) is 1.18. The minimum Gasteiger partial charge on any atom is -0.394 e. The van der Waals surface area contributed by atoms with Gasteiger partial charge in [0.1, 0.15) is 0 Å². The Morgan fingerprint density at radius 1 is 1.33 bits per heavy atom. The van der Waals surface area contributed by atoms with E-state index in [1.165, 1.54) is 6.07 Å². The number of nitrogens with one attached hydrogen (secondary N) is 1. The molecule has 0 aliphatic heterocycles. The number of sulfonamides is 1. The third-order valence-electron chi connectivity index (χ3n) is 2.22. The van der Waals surface area contributed by atoms with E-state index in [1.807, 2.05) is 6.92 Å². The fraction of sp³-hybridized carbons (Fsp3) is 0.400. The van der Waals surface area contributed by atoms with Crippen LogP contribution in [-0.4, -0.2) is 37.9 Å². The Morgan fingerprint density at radius 2 is 1.94 bits per heavy atom. The predicted molar refractivity (Wildman–Crippen MR) is 74.9 cm³/mol. The number of halogens is 2. The molecule has 0 aromatic heterocycles. The van der Waals surface area contributed by atoms with Gasteiger partial charge in [-0.25, -0.2) is 13.1 Å². The molecule has 1 aromatic carbocycles. The van der Waals surface area contributed by atoms with Gasteiger partial charge < -0.3 is 10.2 Å². The highest BCUT2D eigenvalue weighted by Crippen LogP contribution is 2.28. The van der Waals surface area contributed by atoms with E-state index < -0.39 is 22.7 Å². The van der Waals surface area contributed by atoms with Crippen LogP contribution in [0.4, 0.5) is 0 Å². The summed E-state index contributed by atoms with van der Waals surface area (Å²) in [4.78, 5) is 0.0742. The van der Waals surface area contributed by atoms with Crippen LogP contribution in [0.3, 0.4) is 0 Å². The molecule has 0 aliphatic rings. The maximum absolute atomic E-state index is 12.0. The molecular formula is C10H13Br2NO4S. The van der Waals surface area contributed by atoms with Crippen molar-refractivity contribution >= 4 is 41.9 Å². The minimum atomic E-state index is -3.73. The smallest absolute Gasteiger partial charge is 0.241 e. The predicted octanol–water partition coefficient (Wildman–Crippen LogP) is 1.15. The van der Waals surface area contributed by atoms with Crippen LogP contribution in [0.2, 0.25) is 0 Å². The summed E-state index contributed by atoms with van der Waals surface area (Å²) in [5.41, 5.74) is 0.899. The Kier molecular flexibility index (Phi) is 5.75. The number of aliphatic hydroxyl groups excluding tert-OH is 2. The van der Waals surface area contributed by atoms with Crippen molar-refractivity contribution in [2.75, 3.05) is 13.2 Å². The van der Waals surface area contributed by atoms with Crippen LogP contribution in [0.1, 0.15) is 5.56 Å². The van der Waals surface area contributed by atoms with E-state index in [1.54, 1.807) is 6.07 Å². The summed E-state index contributed by atoms with van der Waals surface area (Å²) in [5, 5.41) is 17.8. The Labute approximate surface area is 123 Å². The number of benzene rings is 1. The molecule has 8 heteroatoms. The maximum Gasteiger partial charge on any atom is 0.241 e. The average Bonchev–Trinajstić information content (AvgIpc) is 2.30. The number of hydrogen-bond donors (Lipinski definition) is 3. The summed E-state index contributed by atoms with van der Waals surface area (Å²) in [6.45, 7) is 1.10. The van der Waals surface area contributed by atoms with Crippen molar-refractivity contribution in [1.82, 2.24) is 4.72 Å². The fourth-order valence-corrected chi connectivity index (χ4v) is 3.93. The average molecular weight is 403 g/mol. The van der Waals surface area contributed by atoms with E-state index in [-0.39, 0.29) is 11.4 Å². The Bertz CT molecular complexity index is 533. The van der Waals surface area contributed by atoms with Crippen LogP contribution in [0.25, 0.3) is 0 Å². The van der Waals surface area contributed by atoms with Crippen LogP contribution in [0.5, 0.6) is 0 Å². The molecule has 1 unspecified atom stereocenters. The van der Waals surface area contributed by atoms with Gasteiger partial charge in [0.25, 0.3) is 0 Å². The second kappa shape index (κ2) is 6.44. The van der Waals surface area contributed by atoms with Crippen LogP contribution >= 0.6 is 31.9 Å². The van der Waals surface area contributed by atoms with E-state index in [9.17, 15) is 8.42 Å². The third-order valence-corrected chi connectivity index (χ3v) is 5.46. The highest BCUT2D eigenvalue weighted by atomic mass is 79.9. The van der Waals surface area contributed by atoms with Gasteiger partial charge in [-0.3, -0.25) is 0 Å². The monoisotopic (exact) mass is 401 g/mol. The van der Waals surface area contributed by atoms with E-state index in [4.69, 9.17) is 10.2 Å². The van der Waals surface area contributed by atoms with Gasteiger partial charge in [0.2, 0.25) is 10.0 Å². The molecule has 0 amide bonds. The first-order valence-electron chi connectivity index (χ1n) is 5.02. The molecule has 1 aromatic rings. The summed E-state index contributed by atoms with van der Waals surface area (Å²) in [6, 6.07) is 3.16. The van der Waals surface area contributed by atoms with Gasteiger partial charge in [-0.1, -0.05) is 15.9 Å². The molecule has 0 heterocycles. The summed E-state index contributed by atoms with van der Waals surface area (Å²) >= 11 is 6.45. The SMILES string of the molecule is Cc1cc(Br)c(S(=O)(=O)NCC(O)CO)cc1Br. The first kappa shape index (κ1) is 16.1. The van der Waals surface area contributed by atoms with Crippen molar-refractivity contribution in [1.29, 1.82) is 0 Å². The van der Waals surface area contributed by atoms with Gasteiger partial charge in [-0.15, -0.1) is 0 Å². The molecule has 0 saturated carbocycles. The lowest BCUT2D eigenvalue weighted by atomic mass is 10.2. The molecule has 1 rings (SSSR count). The summed E-state index contributed by atoms with van der Waals surface area (Å²) < 4.78 is 27.3. The van der Waals surface area contributed by atoms with Gasteiger partial charge in [-0.2, -0.15) is 0 Å². The molecule has 0 fully saturated rings. The Balaban J connectivity index is 3.02. The lowest BCUT2D eigenvalue weighted by molar-refractivity contribution is 0.0988. The zero-order valence-electron chi connectivity index (χ0n) is 9.52. The molecule has 0 radical (unpaired) electrons. The number of aryl methyl sites for hydroxylation is 1.